The first-order valence-electron chi connectivity index (χ1n) is 17.7. The molecule has 0 saturated carbocycles. The molecular weight excluding hydrogens is 520 g/mol. The molecule has 9 rings (SSSR count). The Morgan fingerprint density at radius 3 is 1.79 bits per heavy atom. The summed E-state index contributed by atoms with van der Waals surface area (Å²) in [6.07, 6.45) is 0. The highest BCUT2D eigenvalue weighted by Crippen LogP contribution is 2.47. The SMILES string of the molecule is [2H]c1c([2H])c([2H])c2c([2H])c(-c3c4ccccc4c(-c4cccc5oc6c(-c7ccccc7)cccc6c45)c4ccccc34)c([2H])c([2H])c2c1[2H]. The van der Waals surface area contributed by atoms with Crippen LogP contribution in [-0.4, -0.2) is 0 Å². The molecule has 0 spiro atoms. The Kier molecular flexibility index (Phi) is 3.95. The van der Waals surface area contributed by atoms with Gasteiger partial charge in [0.05, 0.1) is 9.60 Å². The fourth-order valence-electron chi connectivity index (χ4n) is 6.50. The third-order valence-corrected chi connectivity index (χ3v) is 8.31. The van der Waals surface area contributed by atoms with Crippen LogP contribution in [0, 0.1) is 0 Å². The molecule has 0 amide bonds. The zero-order valence-electron chi connectivity index (χ0n) is 29.9. The number of rotatable bonds is 3. The van der Waals surface area contributed by atoms with Crippen LogP contribution in [0.15, 0.2) is 162 Å². The van der Waals surface area contributed by atoms with E-state index in [1.807, 2.05) is 84.9 Å². The first-order valence-corrected chi connectivity index (χ1v) is 14.2. The molecule has 8 aromatic carbocycles. The van der Waals surface area contributed by atoms with E-state index < -0.39 is 18.1 Å². The van der Waals surface area contributed by atoms with E-state index in [0.717, 1.165) is 65.7 Å². The standard InChI is InChI=1S/C42H26O/c1-2-13-28(14-3-1)31-20-10-22-37-41-36(21-11-23-38(41)43-42(31)37)40-34-18-8-6-16-32(34)39(33-17-7-9-19-35(33)40)30-25-24-27-12-4-5-15-29(27)26-30/h1-26H/i4D,5D,12D,15D,24D,25D,26D. The Labute approximate surface area is 259 Å². The Morgan fingerprint density at radius 1 is 0.442 bits per heavy atom. The van der Waals surface area contributed by atoms with Crippen molar-refractivity contribution in [3.8, 4) is 33.4 Å². The highest BCUT2D eigenvalue weighted by atomic mass is 16.3. The second-order valence-electron chi connectivity index (χ2n) is 10.7. The lowest BCUT2D eigenvalue weighted by atomic mass is 9.84. The molecule has 0 N–H and O–H groups in total. The van der Waals surface area contributed by atoms with Crippen molar-refractivity contribution in [2.24, 2.45) is 0 Å². The van der Waals surface area contributed by atoms with Gasteiger partial charge in [0.1, 0.15) is 11.2 Å². The number of hydrogen-bond acceptors (Lipinski definition) is 1. The van der Waals surface area contributed by atoms with Crippen LogP contribution in [-0.2, 0) is 0 Å². The Bertz CT molecular complexity index is 2840. The van der Waals surface area contributed by atoms with Crippen molar-refractivity contribution in [3.63, 3.8) is 0 Å². The molecule has 1 aromatic heterocycles. The molecule has 0 aliphatic rings. The lowest BCUT2D eigenvalue weighted by Gasteiger charge is -2.18. The topological polar surface area (TPSA) is 13.1 Å². The molecule has 0 saturated heterocycles. The predicted molar refractivity (Wildman–Crippen MR) is 183 cm³/mol. The number of furan rings is 1. The fraction of sp³-hybridized carbons (Fsp3) is 0. The normalized spacial score (nSPS) is 14.0. The maximum Gasteiger partial charge on any atom is 0.143 e. The summed E-state index contributed by atoms with van der Waals surface area (Å²) in [6.45, 7) is 0. The summed E-state index contributed by atoms with van der Waals surface area (Å²) < 4.78 is 67.9. The molecule has 0 aliphatic carbocycles. The smallest absolute Gasteiger partial charge is 0.143 e. The van der Waals surface area contributed by atoms with Crippen molar-refractivity contribution in [1.82, 2.24) is 0 Å². The van der Waals surface area contributed by atoms with Gasteiger partial charge in [0.25, 0.3) is 0 Å². The van der Waals surface area contributed by atoms with Gasteiger partial charge in [-0.3, -0.25) is 0 Å². The van der Waals surface area contributed by atoms with Crippen LogP contribution < -0.4 is 0 Å². The van der Waals surface area contributed by atoms with E-state index in [2.05, 4.69) is 30.3 Å². The van der Waals surface area contributed by atoms with Crippen LogP contribution in [0.2, 0.25) is 0 Å². The second-order valence-corrected chi connectivity index (χ2v) is 10.7. The minimum absolute atomic E-state index is 0.0620. The molecule has 0 bridgehead atoms. The lowest BCUT2D eigenvalue weighted by Crippen LogP contribution is -1.91. The van der Waals surface area contributed by atoms with Crippen molar-refractivity contribution >= 4 is 54.3 Å². The monoisotopic (exact) mass is 553 g/mol. The first-order chi connectivity index (χ1) is 24.3. The van der Waals surface area contributed by atoms with Crippen molar-refractivity contribution in [2.45, 2.75) is 0 Å². The minimum atomic E-state index is -0.486. The molecule has 1 heterocycles. The van der Waals surface area contributed by atoms with E-state index in [9.17, 15) is 2.74 Å². The van der Waals surface area contributed by atoms with Gasteiger partial charge in [-0.05, 0) is 72.2 Å². The summed E-state index contributed by atoms with van der Waals surface area (Å²) in [5.41, 5.74) is 6.28. The predicted octanol–water partition coefficient (Wildman–Crippen LogP) is 12.0. The average molecular weight is 554 g/mol. The number of fused-ring (bicyclic) bond motifs is 6. The Morgan fingerprint density at radius 2 is 1.05 bits per heavy atom. The van der Waals surface area contributed by atoms with E-state index in [4.69, 9.17) is 11.3 Å². The van der Waals surface area contributed by atoms with E-state index in [1.165, 1.54) is 0 Å². The van der Waals surface area contributed by atoms with Gasteiger partial charge >= 0.3 is 0 Å². The summed E-state index contributed by atoms with van der Waals surface area (Å²) in [7, 11) is 0. The van der Waals surface area contributed by atoms with Crippen LogP contribution in [0.3, 0.4) is 0 Å². The van der Waals surface area contributed by atoms with E-state index in [0.29, 0.717) is 5.56 Å². The summed E-state index contributed by atoms with van der Waals surface area (Å²) in [5.74, 6) is 0. The first kappa shape index (κ1) is 18.0. The molecular formula is C42H26O. The maximum absolute atomic E-state index is 9.39. The molecule has 0 aliphatic heterocycles. The van der Waals surface area contributed by atoms with Gasteiger partial charge in [0.15, 0.2) is 0 Å². The summed E-state index contributed by atoms with van der Waals surface area (Å²) in [6, 6.07) is 35.6. The maximum atomic E-state index is 9.39. The quantitative estimate of drug-likeness (QED) is 0.198. The van der Waals surface area contributed by atoms with Crippen molar-refractivity contribution < 1.29 is 14.0 Å². The largest absolute Gasteiger partial charge is 0.455 e. The molecule has 200 valence electrons. The summed E-state index contributed by atoms with van der Waals surface area (Å²) >= 11 is 0. The lowest BCUT2D eigenvalue weighted by molar-refractivity contribution is 0.670. The van der Waals surface area contributed by atoms with Gasteiger partial charge < -0.3 is 4.42 Å². The molecule has 43 heavy (non-hydrogen) atoms. The zero-order valence-corrected chi connectivity index (χ0v) is 22.9. The highest BCUT2D eigenvalue weighted by molar-refractivity contribution is 6.26. The van der Waals surface area contributed by atoms with Gasteiger partial charge in [0.2, 0.25) is 0 Å². The Balaban J connectivity index is 1.43. The van der Waals surface area contributed by atoms with Crippen LogP contribution in [0.25, 0.3) is 87.6 Å². The third-order valence-electron chi connectivity index (χ3n) is 8.31. The fourth-order valence-corrected chi connectivity index (χ4v) is 6.50. The zero-order chi connectivity index (χ0) is 34.4. The number of hydrogen-bond donors (Lipinski definition) is 0. The molecule has 1 nitrogen and oxygen atoms in total. The van der Waals surface area contributed by atoms with Crippen molar-refractivity contribution in [1.29, 1.82) is 0 Å². The molecule has 0 fully saturated rings. The molecule has 0 atom stereocenters. The Hall–Kier alpha value is -5.66. The van der Waals surface area contributed by atoms with E-state index in [-0.39, 0.29) is 40.5 Å². The average Bonchev–Trinajstić information content (AvgIpc) is 3.54. The molecule has 9 aromatic rings. The van der Waals surface area contributed by atoms with Gasteiger partial charge in [-0.1, -0.05) is 145 Å². The number of para-hydroxylation sites is 1. The third kappa shape index (κ3) is 3.65. The minimum Gasteiger partial charge on any atom is -0.455 e. The molecule has 0 radical (unpaired) electrons. The van der Waals surface area contributed by atoms with Crippen LogP contribution in [0.1, 0.15) is 9.60 Å². The molecule has 0 unspecified atom stereocenters. The summed E-state index contributed by atoms with van der Waals surface area (Å²) in [5, 5.41) is 5.06. The van der Waals surface area contributed by atoms with Crippen LogP contribution >= 0.6 is 0 Å². The van der Waals surface area contributed by atoms with Gasteiger partial charge in [0, 0.05) is 16.3 Å². The number of benzene rings is 8. The van der Waals surface area contributed by atoms with Crippen LogP contribution in [0.4, 0.5) is 0 Å². The highest BCUT2D eigenvalue weighted by Gasteiger charge is 2.21. The summed E-state index contributed by atoms with van der Waals surface area (Å²) in [4.78, 5) is 0. The van der Waals surface area contributed by atoms with Gasteiger partial charge in [-0.25, -0.2) is 0 Å². The van der Waals surface area contributed by atoms with Crippen molar-refractivity contribution in [3.05, 3.63) is 158 Å². The van der Waals surface area contributed by atoms with E-state index >= 15 is 0 Å². The van der Waals surface area contributed by atoms with E-state index in [1.54, 1.807) is 0 Å². The van der Waals surface area contributed by atoms with Gasteiger partial charge in [-0.2, -0.15) is 0 Å². The van der Waals surface area contributed by atoms with Crippen molar-refractivity contribution in [2.75, 3.05) is 0 Å². The van der Waals surface area contributed by atoms with Crippen LogP contribution in [0.5, 0.6) is 0 Å². The van der Waals surface area contributed by atoms with Gasteiger partial charge in [-0.15, -0.1) is 0 Å². The second kappa shape index (κ2) is 9.44. The molecule has 1 heteroatoms.